The van der Waals surface area contributed by atoms with E-state index in [1.807, 2.05) is 24.3 Å². The molecule has 1 aromatic carbocycles. The van der Waals surface area contributed by atoms with Gasteiger partial charge in [0.15, 0.2) is 5.82 Å². The molecule has 1 unspecified atom stereocenters. The molecule has 0 saturated heterocycles. The van der Waals surface area contributed by atoms with Gasteiger partial charge in [0.1, 0.15) is 5.92 Å². The van der Waals surface area contributed by atoms with E-state index in [-0.39, 0.29) is 11.9 Å². The van der Waals surface area contributed by atoms with Crippen LogP contribution in [0.25, 0.3) is 0 Å². The standard InChI is InChI=1S/C14H15BrN2O3/c1-3-19-14(18)9(2)13-16-12(17-20-13)8-10-5-4-6-11(15)7-10/h4-7,9H,3,8H2,1-2H3. The minimum Gasteiger partial charge on any atom is -0.465 e. The van der Waals surface area contributed by atoms with Crippen LogP contribution >= 0.6 is 15.9 Å². The second-order valence-corrected chi connectivity index (χ2v) is 5.24. The van der Waals surface area contributed by atoms with Crippen molar-refractivity contribution in [1.82, 2.24) is 10.1 Å². The van der Waals surface area contributed by atoms with E-state index in [1.54, 1.807) is 13.8 Å². The quantitative estimate of drug-likeness (QED) is 0.783. The zero-order chi connectivity index (χ0) is 14.5. The molecule has 0 amide bonds. The molecule has 0 bridgehead atoms. The summed E-state index contributed by atoms with van der Waals surface area (Å²) in [7, 11) is 0. The number of nitrogens with zero attached hydrogens (tertiary/aromatic N) is 2. The minimum atomic E-state index is -0.543. The summed E-state index contributed by atoms with van der Waals surface area (Å²) in [5.74, 6) is -0.0634. The predicted octanol–water partition coefficient (Wildman–Crippen LogP) is 3.09. The van der Waals surface area contributed by atoms with Crippen LogP contribution in [0, 0.1) is 0 Å². The lowest BCUT2D eigenvalue weighted by Gasteiger charge is -2.04. The molecule has 106 valence electrons. The molecule has 0 N–H and O–H groups in total. The molecule has 0 fully saturated rings. The number of aromatic nitrogens is 2. The van der Waals surface area contributed by atoms with E-state index in [4.69, 9.17) is 9.26 Å². The molecule has 0 aliphatic heterocycles. The molecule has 2 aromatic rings. The molecule has 20 heavy (non-hydrogen) atoms. The highest BCUT2D eigenvalue weighted by atomic mass is 79.9. The summed E-state index contributed by atoms with van der Waals surface area (Å²) in [4.78, 5) is 15.8. The number of rotatable bonds is 5. The smallest absolute Gasteiger partial charge is 0.318 e. The van der Waals surface area contributed by atoms with Crippen molar-refractivity contribution in [3.05, 3.63) is 46.0 Å². The lowest BCUT2D eigenvalue weighted by atomic mass is 10.1. The van der Waals surface area contributed by atoms with Gasteiger partial charge in [-0.1, -0.05) is 33.2 Å². The number of carbonyl (C=O) groups is 1. The van der Waals surface area contributed by atoms with E-state index < -0.39 is 5.92 Å². The summed E-state index contributed by atoms with van der Waals surface area (Å²) in [6.07, 6.45) is 0.554. The lowest BCUT2D eigenvalue weighted by Crippen LogP contribution is -2.13. The zero-order valence-electron chi connectivity index (χ0n) is 11.3. The first kappa shape index (κ1) is 14.7. The molecule has 2 rings (SSSR count). The van der Waals surface area contributed by atoms with E-state index in [1.165, 1.54) is 0 Å². The average molecular weight is 339 g/mol. The first-order chi connectivity index (χ1) is 9.60. The van der Waals surface area contributed by atoms with Gasteiger partial charge in [0.25, 0.3) is 0 Å². The van der Waals surface area contributed by atoms with Crippen LogP contribution in [0.15, 0.2) is 33.3 Å². The van der Waals surface area contributed by atoms with Crippen LogP contribution in [0.4, 0.5) is 0 Å². The second-order valence-electron chi connectivity index (χ2n) is 4.33. The van der Waals surface area contributed by atoms with Crippen molar-refractivity contribution < 1.29 is 14.1 Å². The van der Waals surface area contributed by atoms with Crippen LogP contribution < -0.4 is 0 Å². The van der Waals surface area contributed by atoms with Gasteiger partial charge in [0.2, 0.25) is 5.89 Å². The van der Waals surface area contributed by atoms with E-state index in [0.29, 0.717) is 18.9 Å². The van der Waals surface area contributed by atoms with Crippen molar-refractivity contribution in [3.63, 3.8) is 0 Å². The fourth-order valence-electron chi connectivity index (χ4n) is 1.71. The van der Waals surface area contributed by atoms with E-state index in [2.05, 4.69) is 26.1 Å². The fourth-order valence-corrected chi connectivity index (χ4v) is 2.16. The third kappa shape index (κ3) is 3.66. The van der Waals surface area contributed by atoms with Gasteiger partial charge in [-0.05, 0) is 31.5 Å². The van der Waals surface area contributed by atoms with Gasteiger partial charge in [0, 0.05) is 10.9 Å². The molecule has 0 aliphatic carbocycles. The minimum absolute atomic E-state index is 0.286. The van der Waals surface area contributed by atoms with E-state index in [0.717, 1.165) is 10.0 Å². The van der Waals surface area contributed by atoms with Gasteiger partial charge >= 0.3 is 5.97 Å². The number of esters is 1. The number of carbonyl (C=O) groups excluding carboxylic acids is 1. The monoisotopic (exact) mass is 338 g/mol. The molecule has 1 atom stereocenters. The van der Waals surface area contributed by atoms with E-state index in [9.17, 15) is 4.79 Å². The van der Waals surface area contributed by atoms with Crippen LogP contribution in [0.1, 0.15) is 37.0 Å². The molecule has 0 spiro atoms. The summed E-state index contributed by atoms with van der Waals surface area (Å²) >= 11 is 3.41. The number of hydrogen-bond donors (Lipinski definition) is 0. The maximum atomic E-state index is 11.6. The summed E-state index contributed by atoms with van der Waals surface area (Å²) < 4.78 is 11.0. The highest BCUT2D eigenvalue weighted by molar-refractivity contribution is 9.10. The van der Waals surface area contributed by atoms with Crippen LogP contribution in [0.2, 0.25) is 0 Å². The molecule has 6 heteroatoms. The number of halogens is 1. The zero-order valence-corrected chi connectivity index (χ0v) is 12.9. The molecule has 0 aliphatic rings. The fraction of sp³-hybridized carbons (Fsp3) is 0.357. The Bertz CT molecular complexity index is 598. The molecule has 1 aromatic heterocycles. The van der Waals surface area contributed by atoms with Crippen molar-refractivity contribution in [2.45, 2.75) is 26.2 Å². The Morgan fingerprint density at radius 2 is 2.30 bits per heavy atom. The topological polar surface area (TPSA) is 65.2 Å². The van der Waals surface area contributed by atoms with E-state index >= 15 is 0 Å². The number of benzene rings is 1. The van der Waals surface area contributed by atoms with Crippen LogP contribution in [0.3, 0.4) is 0 Å². The Labute approximate surface area is 125 Å². The maximum Gasteiger partial charge on any atom is 0.318 e. The van der Waals surface area contributed by atoms with Gasteiger partial charge in [-0.3, -0.25) is 4.79 Å². The van der Waals surface area contributed by atoms with Crippen molar-refractivity contribution in [1.29, 1.82) is 0 Å². The Hall–Kier alpha value is -1.69. The largest absolute Gasteiger partial charge is 0.465 e. The third-order valence-electron chi connectivity index (χ3n) is 2.75. The molecule has 0 saturated carbocycles. The van der Waals surface area contributed by atoms with Crippen LogP contribution in [0.5, 0.6) is 0 Å². The summed E-state index contributed by atoms with van der Waals surface area (Å²) in [5, 5.41) is 3.90. The summed E-state index contributed by atoms with van der Waals surface area (Å²) in [5.41, 5.74) is 1.07. The van der Waals surface area contributed by atoms with Crippen molar-refractivity contribution in [3.8, 4) is 0 Å². The van der Waals surface area contributed by atoms with Crippen molar-refractivity contribution in [2.24, 2.45) is 0 Å². The Kier molecular flexibility index (Phi) is 4.89. The van der Waals surface area contributed by atoms with Gasteiger partial charge in [0.05, 0.1) is 6.61 Å². The first-order valence-electron chi connectivity index (χ1n) is 6.33. The normalized spacial score (nSPS) is 12.2. The first-order valence-corrected chi connectivity index (χ1v) is 7.13. The van der Waals surface area contributed by atoms with Crippen LogP contribution in [-0.4, -0.2) is 22.7 Å². The van der Waals surface area contributed by atoms with Gasteiger partial charge in [-0.2, -0.15) is 4.98 Å². The molecule has 1 heterocycles. The molecule has 5 nitrogen and oxygen atoms in total. The maximum absolute atomic E-state index is 11.6. The number of hydrogen-bond acceptors (Lipinski definition) is 5. The average Bonchev–Trinajstić information content (AvgIpc) is 2.86. The van der Waals surface area contributed by atoms with Crippen molar-refractivity contribution in [2.75, 3.05) is 6.61 Å². The highest BCUT2D eigenvalue weighted by Gasteiger charge is 2.23. The summed E-state index contributed by atoms with van der Waals surface area (Å²) in [6, 6.07) is 7.87. The Morgan fingerprint density at radius 3 is 3.00 bits per heavy atom. The Balaban J connectivity index is 2.07. The summed E-state index contributed by atoms with van der Waals surface area (Å²) in [6.45, 7) is 3.79. The third-order valence-corrected chi connectivity index (χ3v) is 3.24. The number of ether oxygens (including phenoxy) is 1. The van der Waals surface area contributed by atoms with Gasteiger partial charge < -0.3 is 9.26 Å². The van der Waals surface area contributed by atoms with Crippen molar-refractivity contribution >= 4 is 21.9 Å². The lowest BCUT2D eigenvalue weighted by molar-refractivity contribution is -0.145. The van der Waals surface area contributed by atoms with Gasteiger partial charge in [-0.15, -0.1) is 0 Å². The molecular weight excluding hydrogens is 324 g/mol. The second kappa shape index (κ2) is 6.65. The molecular formula is C14H15BrN2O3. The Morgan fingerprint density at radius 1 is 1.50 bits per heavy atom. The van der Waals surface area contributed by atoms with Crippen LogP contribution in [-0.2, 0) is 16.0 Å². The molecule has 0 radical (unpaired) electrons. The highest BCUT2D eigenvalue weighted by Crippen LogP contribution is 2.17. The predicted molar refractivity (Wildman–Crippen MR) is 76.3 cm³/mol. The SMILES string of the molecule is CCOC(=O)C(C)c1nc(Cc2cccc(Br)c2)no1. The van der Waals surface area contributed by atoms with Gasteiger partial charge in [-0.25, -0.2) is 0 Å².